The summed E-state index contributed by atoms with van der Waals surface area (Å²) in [6, 6.07) is 6.79. The van der Waals surface area contributed by atoms with Crippen LogP contribution in [0.25, 0.3) is 10.9 Å². The van der Waals surface area contributed by atoms with Crippen molar-refractivity contribution in [2.45, 2.75) is 19.9 Å². The highest BCUT2D eigenvalue weighted by Crippen LogP contribution is 2.20. The number of amides is 1. The van der Waals surface area contributed by atoms with E-state index in [1.807, 2.05) is 6.07 Å². The molecule has 21 heavy (non-hydrogen) atoms. The number of rotatable bonds is 3. The van der Waals surface area contributed by atoms with Gasteiger partial charge >= 0.3 is 0 Å². The fourth-order valence-corrected chi connectivity index (χ4v) is 2.23. The van der Waals surface area contributed by atoms with Gasteiger partial charge in [0.05, 0.1) is 0 Å². The van der Waals surface area contributed by atoms with Gasteiger partial charge in [0.15, 0.2) is 5.82 Å². The van der Waals surface area contributed by atoms with E-state index in [9.17, 15) is 4.79 Å². The summed E-state index contributed by atoms with van der Waals surface area (Å²) >= 11 is 5.93. The minimum Gasteiger partial charge on any atom is -0.351 e. The van der Waals surface area contributed by atoms with Crippen molar-refractivity contribution in [1.29, 1.82) is 0 Å². The molecule has 1 atom stereocenters. The first-order valence-corrected chi connectivity index (χ1v) is 6.80. The average molecular weight is 305 g/mol. The molecule has 0 saturated heterocycles. The van der Waals surface area contributed by atoms with Gasteiger partial charge in [0.2, 0.25) is 5.89 Å². The smallest absolute Gasteiger partial charge is 0.268 e. The van der Waals surface area contributed by atoms with Crippen LogP contribution in [0.15, 0.2) is 28.8 Å². The summed E-state index contributed by atoms with van der Waals surface area (Å²) in [7, 11) is 0. The summed E-state index contributed by atoms with van der Waals surface area (Å²) in [5.41, 5.74) is 1.31. The molecule has 108 valence electrons. The average Bonchev–Trinajstić information content (AvgIpc) is 3.04. The highest BCUT2D eigenvalue weighted by Gasteiger charge is 2.17. The van der Waals surface area contributed by atoms with Crippen molar-refractivity contribution in [1.82, 2.24) is 20.4 Å². The molecule has 0 aliphatic rings. The maximum Gasteiger partial charge on any atom is 0.268 e. The third-order valence-electron chi connectivity index (χ3n) is 3.09. The Balaban J connectivity index is 1.80. The number of carbonyl (C=O) groups is 1. The molecule has 0 aliphatic carbocycles. The van der Waals surface area contributed by atoms with Crippen molar-refractivity contribution < 1.29 is 9.32 Å². The number of hydrogen-bond donors (Lipinski definition) is 2. The fraction of sp³-hybridized carbons (Fsp3) is 0.214. The molecule has 1 aromatic carbocycles. The van der Waals surface area contributed by atoms with Crippen LogP contribution in [0.4, 0.5) is 0 Å². The van der Waals surface area contributed by atoms with E-state index < -0.39 is 0 Å². The van der Waals surface area contributed by atoms with E-state index in [4.69, 9.17) is 16.1 Å². The van der Waals surface area contributed by atoms with Crippen molar-refractivity contribution in [2.75, 3.05) is 0 Å². The number of carbonyl (C=O) groups excluding carboxylic acids is 1. The first-order valence-electron chi connectivity index (χ1n) is 6.42. The molecule has 2 N–H and O–H groups in total. The molecule has 0 fully saturated rings. The Morgan fingerprint density at radius 3 is 2.95 bits per heavy atom. The van der Waals surface area contributed by atoms with Gasteiger partial charge in [-0.2, -0.15) is 4.98 Å². The van der Waals surface area contributed by atoms with Crippen LogP contribution in [0.5, 0.6) is 0 Å². The second kappa shape index (κ2) is 5.21. The van der Waals surface area contributed by atoms with Gasteiger partial charge in [-0.25, -0.2) is 0 Å². The highest BCUT2D eigenvalue weighted by atomic mass is 35.5. The molecule has 0 radical (unpaired) electrons. The van der Waals surface area contributed by atoms with Gasteiger partial charge in [-0.15, -0.1) is 0 Å². The van der Waals surface area contributed by atoms with Crippen molar-refractivity contribution in [3.63, 3.8) is 0 Å². The Bertz CT molecular complexity index is 808. The quantitative estimate of drug-likeness (QED) is 0.779. The Morgan fingerprint density at radius 2 is 2.24 bits per heavy atom. The standard InChI is InChI=1S/C14H13ClN4O2/c1-7(14-17-8(2)19-21-14)16-13(20)12-6-9-5-10(15)3-4-11(9)18-12/h3-7,18H,1-2H3,(H,16,20). The van der Waals surface area contributed by atoms with Crippen LogP contribution in [0, 0.1) is 6.92 Å². The minimum absolute atomic E-state index is 0.245. The molecule has 3 rings (SSSR count). The summed E-state index contributed by atoms with van der Waals surface area (Å²) in [4.78, 5) is 19.4. The Hall–Kier alpha value is -2.34. The molecule has 1 amide bonds. The molecule has 3 aromatic rings. The Kier molecular flexibility index (Phi) is 3.39. The van der Waals surface area contributed by atoms with E-state index in [1.54, 1.807) is 32.0 Å². The number of nitrogens with one attached hydrogen (secondary N) is 2. The highest BCUT2D eigenvalue weighted by molar-refractivity contribution is 6.31. The van der Waals surface area contributed by atoms with Gasteiger partial charge in [0, 0.05) is 15.9 Å². The summed E-state index contributed by atoms with van der Waals surface area (Å²) in [6.45, 7) is 3.51. The molecule has 6 nitrogen and oxygen atoms in total. The predicted octanol–water partition coefficient (Wildman–Crippen LogP) is 3.00. The van der Waals surface area contributed by atoms with Crippen LogP contribution in [0.3, 0.4) is 0 Å². The van der Waals surface area contributed by atoms with Crippen LogP contribution < -0.4 is 5.32 Å². The van der Waals surface area contributed by atoms with E-state index in [1.165, 1.54) is 0 Å². The second-order valence-corrected chi connectivity index (χ2v) is 5.23. The SMILES string of the molecule is Cc1noc(C(C)NC(=O)c2cc3cc(Cl)ccc3[nH]2)n1. The number of nitrogens with zero attached hydrogens (tertiary/aromatic N) is 2. The number of halogens is 1. The second-order valence-electron chi connectivity index (χ2n) is 4.79. The van der Waals surface area contributed by atoms with E-state index in [2.05, 4.69) is 20.4 Å². The number of hydrogen-bond acceptors (Lipinski definition) is 4. The lowest BCUT2D eigenvalue weighted by Crippen LogP contribution is -2.27. The van der Waals surface area contributed by atoms with E-state index in [0.29, 0.717) is 22.4 Å². The van der Waals surface area contributed by atoms with Crippen LogP contribution in [-0.2, 0) is 0 Å². The van der Waals surface area contributed by atoms with Crippen LogP contribution in [-0.4, -0.2) is 21.0 Å². The molecule has 7 heteroatoms. The maximum atomic E-state index is 12.2. The van der Waals surface area contributed by atoms with Crippen molar-refractivity contribution in [2.24, 2.45) is 0 Å². The number of H-pyrrole nitrogens is 1. The molecule has 1 unspecified atom stereocenters. The number of aromatic nitrogens is 3. The predicted molar refractivity (Wildman–Crippen MR) is 78.2 cm³/mol. The first kappa shape index (κ1) is 13.6. The van der Waals surface area contributed by atoms with E-state index in [-0.39, 0.29) is 11.9 Å². The van der Waals surface area contributed by atoms with Crippen molar-refractivity contribution in [3.05, 3.63) is 46.7 Å². The molecular weight excluding hydrogens is 292 g/mol. The van der Waals surface area contributed by atoms with Gasteiger partial charge in [0.25, 0.3) is 5.91 Å². The van der Waals surface area contributed by atoms with Crippen molar-refractivity contribution in [3.8, 4) is 0 Å². The Morgan fingerprint density at radius 1 is 1.43 bits per heavy atom. The van der Waals surface area contributed by atoms with E-state index in [0.717, 1.165) is 10.9 Å². The molecule has 0 saturated carbocycles. The molecule has 2 heterocycles. The molecule has 0 aliphatic heterocycles. The molecular formula is C14H13ClN4O2. The zero-order valence-electron chi connectivity index (χ0n) is 11.5. The van der Waals surface area contributed by atoms with Gasteiger partial charge in [-0.05, 0) is 38.1 Å². The summed E-state index contributed by atoms with van der Waals surface area (Å²) in [5.74, 6) is 0.664. The third kappa shape index (κ3) is 2.75. The van der Waals surface area contributed by atoms with E-state index >= 15 is 0 Å². The van der Waals surface area contributed by atoms with Gasteiger partial charge in [-0.1, -0.05) is 16.8 Å². The topological polar surface area (TPSA) is 83.8 Å². The van der Waals surface area contributed by atoms with Gasteiger partial charge < -0.3 is 14.8 Å². The lowest BCUT2D eigenvalue weighted by atomic mass is 10.2. The zero-order valence-corrected chi connectivity index (χ0v) is 12.2. The third-order valence-corrected chi connectivity index (χ3v) is 3.32. The maximum absolute atomic E-state index is 12.2. The number of aryl methyl sites for hydroxylation is 1. The normalized spacial score (nSPS) is 12.5. The van der Waals surface area contributed by atoms with Crippen LogP contribution in [0.2, 0.25) is 5.02 Å². The zero-order chi connectivity index (χ0) is 15.0. The number of fused-ring (bicyclic) bond motifs is 1. The minimum atomic E-state index is -0.367. The summed E-state index contributed by atoms with van der Waals surface area (Å²) in [5, 5.41) is 8.02. The summed E-state index contributed by atoms with van der Waals surface area (Å²) < 4.78 is 5.03. The number of benzene rings is 1. The van der Waals surface area contributed by atoms with Crippen LogP contribution >= 0.6 is 11.6 Å². The first-order chi connectivity index (χ1) is 10.0. The van der Waals surface area contributed by atoms with Gasteiger partial charge in [0.1, 0.15) is 11.7 Å². The fourth-order valence-electron chi connectivity index (χ4n) is 2.05. The van der Waals surface area contributed by atoms with Crippen LogP contribution in [0.1, 0.15) is 35.2 Å². The lowest BCUT2D eigenvalue weighted by Gasteiger charge is -2.08. The largest absolute Gasteiger partial charge is 0.351 e. The summed E-state index contributed by atoms with van der Waals surface area (Å²) in [6.07, 6.45) is 0. The lowest BCUT2D eigenvalue weighted by molar-refractivity contribution is 0.0928. The molecule has 0 bridgehead atoms. The molecule has 2 aromatic heterocycles. The number of aromatic amines is 1. The molecule has 0 spiro atoms. The monoisotopic (exact) mass is 304 g/mol. The Labute approximate surface area is 125 Å². The van der Waals surface area contributed by atoms with Gasteiger partial charge in [-0.3, -0.25) is 4.79 Å². The van der Waals surface area contributed by atoms with Crippen molar-refractivity contribution >= 4 is 28.4 Å².